The van der Waals surface area contributed by atoms with Gasteiger partial charge in [-0.3, -0.25) is 4.79 Å². The minimum Gasteiger partial charge on any atom is -0.480 e. The topological polar surface area (TPSA) is 57.6 Å². The molecular weight excluding hydrogens is 254 g/mol. The number of nitrogens with zero attached hydrogens (tertiary/aromatic N) is 1. The monoisotopic (exact) mass is 279 g/mol. The van der Waals surface area contributed by atoms with Crippen molar-refractivity contribution in [3.05, 3.63) is 0 Å². The van der Waals surface area contributed by atoms with Crippen LogP contribution < -0.4 is 0 Å². The van der Waals surface area contributed by atoms with Crippen molar-refractivity contribution in [1.29, 1.82) is 0 Å². The Bertz CT molecular complexity index is 414. The van der Waals surface area contributed by atoms with Crippen LogP contribution in [0.25, 0.3) is 0 Å². The summed E-state index contributed by atoms with van der Waals surface area (Å²) >= 11 is 0. The third kappa shape index (κ3) is 1.95. The highest BCUT2D eigenvalue weighted by atomic mass is 16.4. The molecule has 1 heterocycles. The quantitative estimate of drug-likeness (QED) is 0.864. The summed E-state index contributed by atoms with van der Waals surface area (Å²) < 4.78 is 0. The van der Waals surface area contributed by atoms with Crippen LogP contribution in [0.1, 0.15) is 58.3 Å². The third-order valence-corrected chi connectivity index (χ3v) is 6.10. The lowest BCUT2D eigenvalue weighted by Gasteiger charge is -2.34. The fraction of sp³-hybridized carbons (Fsp3) is 0.875. The largest absolute Gasteiger partial charge is 0.480 e. The Kier molecular flexibility index (Phi) is 3.51. The molecule has 20 heavy (non-hydrogen) atoms. The smallest absolute Gasteiger partial charge is 0.326 e. The van der Waals surface area contributed by atoms with Gasteiger partial charge in [0.15, 0.2) is 0 Å². The first-order valence-corrected chi connectivity index (χ1v) is 8.13. The van der Waals surface area contributed by atoms with Crippen LogP contribution in [0.3, 0.4) is 0 Å². The summed E-state index contributed by atoms with van der Waals surface area (Å²) in [4.78, 5) is 26.4. The van der Waals surface area contributed by atoms with Crippen LogP contribution in [0.2, 0.25) is 0 Å². The number of carboxylic acid groups (broad SMARTS) is 1. The number of carbonyl (C=O) groups is 2. The fourth-order valence-electron chi connectivity index (χ4n) is 4.91. The first-order valence-electron chi connectivity index (χ1n) is 8.13. The molecule has 112 valence electrons. The van der Waals surface area contributed by atoms with Crippen molar-refractivity contribution in [2.75, 3.05) is 6.54 Å². The molecule has 3 atom stereocenters. The Labute approximate surface area is 120 Å². The summed E-state index contributed by atoms with van der Waals surface area (Å²) in [5.41, 5.74) is -0.258. The molecule has 2 saturated carbocycles. The summed E-state index contributed by atoms with van der Waals surface area (Å²) in [7, 11) is 0. The number of fused-ring (bicyclic) bond motifs is 1. The third-order valence-electron chi connectivity index (χ3n) is 6.10. The maximum Gasteiger partial charge on any atom is 0.326 e. The van der Waals surface area contributed by atoms with E-state index >= 15 is 0 Å². The number of likely N-dealkylation sites (tertiary alicyclic amines) is 1. The van der Waals surface area contributed by atoms with Gasteiger partial charge in [-0.1, -0.05) is 26.2 Å². The summed E-state index contributed by atoms with van der Waals surface area (Å²) in [5.74, 6) is -0.0292. The number of carboxylic acids is 1. The predicted octanol–water partition coefficient (Wildman–Crippen LogP) is 2.67. The van der Waals surface area contributed by atoms with E-state index in [-0.39, 0.29) is 17.2 Å². The number of hydrogen-bond acceptors (Lipinski definition) is 2. The van der Waals surface area contributed by atoms with Gasteiger partial charge in [-0.2, -0.15) is 0 Å². The molecule has 1 saturated heterocycles. The maximum absolute atomic E-state index is 13.0. The zero-order chi connectivity index (χ0) is 14.3. The van der Waals surface area contributed by atoms with Gasteiger partial charge in [-0.15, -0.1) is 0 Å². The average Bonchev–Trinajstić information content (AvgIpc) is 3.12. The molecule has 3 aliphatic rings. The molecule has 0 aromatic heterocycles. The van der Waals surface area contributed by atoms with E-state index < -0.39 is 12.0 Å². The molecule has 3 unspecified atom stereocenters. The van der Waals surface area contributed by atoms with Crippen LogP contribution in [0.5, 0.6) is 0 Å². The zero-order valence-corrected chi connectivity index (χ0v) is 12.3. The first kappa shape index (κ1) is 13.9. The molecule has 0 radical (unpaired) electrons. The van der Waals surface area contributed by atoms with Crippen LogP contribution >= 0.6 is 0 Å². The van der Waals surface area contributed by atoms with E-state index in [1.165, 1.54) is 0 Å². The van der Waals surface area contributed by atoms with E-state index in [1.807, 2.05) is 0 Å². The van der Waals surface area contributed by atoms with Crippen LogP contribution in [0.4, 0.5) is 0 Å². The molecule has 0 aromatic rings. The Morgan fingerprint density at radius 3 is 2.50 bits per heavy atom. The van der Waals surface area contributed by atoms with Crippen molar-refractivity contribution in [2.24, 2.45) is 17.3 Å². The Hall–Kier alpha value is -1.06. The van der Waals surface area contributed by atoms with Gasteiger partial charge < -0.3 is 10.0 Å². The minimum atomic E-state index is -0.794. The molecule has 0 spiro atoms. The molecule has 0 aromatic carbocycles. The van der Waals surface area contributed by atoms with Gasteiger partial charge >= 0.3 is 5.97 Å². The molecule has 1 N–H and O–H groups in total. The lowest BCUT2D eigenvalue weighted by molar-refractivity contribution is -0.154. The number of carbonyl (C=O) groups excluding carboxylic acids is 1. The van der Waals surface area contributed by atoms with E-state index in [9.17, 15) is 14.7 Å². The van der Waals surface area contributed by atoms with Gasteiger partial charge in [-0.25, -0.2) is 4.79 Å². The van der Waals surface area contributed by atoms with E-state index in [0.29, 0.717) is 12.5 Å². The summed E-state index contributed by atoms with van der Waals surface area (Å²) in [6.45, 7) is 2.76. The predicted molar refractivity (Wildman–Crippen MR) is 75.2 cm³/mol. The van der Waals surface area contributed by atoms with Crippen molar-refractivity contribution in [3.63, 3.8) is 0 Å². The standard InChI is InChI=1S/C16H25NO3/c1-2-16(8-3-4-9-16)15(20)17-10-11-6-5-7-12(11)13(17)14(18)19/h11-13H,2-10H2,1H3,(H,18,19). The van der Waals surface area contributed by atoms with Crippen molar-refractivity contribution >= 4 is 11.9 Å². The van der Waals surface area contributed by atoms with Gasteiger partial charge in [0, 0.05) is 12.0 Å². The SMILES string of the molecule is CCC1(C(=O)N2CC3CCCC3C2C(=O)O)CCCC1. The second kappa shape index (κ2) is 5.05. The molecule has 1 amide bonds. The summed E-state index contributed by atoms with van der Waals surface area (Å²) in [6.07, 6.45) is 8.16. The molecule has 3 rings (SSSR count). The van der Waals surface area contributed by atoms with E-state index in [2.05, 4.69) is 6.92 Å². The Balaban J connectivity index is 1.85. The molecule has 0 bridgehead atoms. The average molecular weight is 279 g/mol. The van der Waals surface area contributed by atoms with Crippen molar-refractivity contribution in [1.82, 2.24) is 4.90 Å². The molecular formula is C16H25NO3. The summed E-state index contributed by atoms with van der Waals surface area (Å²) in [6, 6.07) is -0.556. The van der Waals surface area contributed by atoms with Gasteiger partial charge in [0.25, 0.3) is 0 Å². The minimum absolute atomic E-state index is 0.138. The van der Waals surface area contributed by atoms with Crippen molar-refractivity contribution in [3.8, 4) is 0 Å². The first-order chi connectivity index (χ1) is 9.59. The van der Waals surface area contributed by atoms with Gasteiger partial charge in [0.05, 0.1) is 0 Å². The van der Waals surface area contributed by atoms with E-state index in [4.69, 9.17) is 0 Å². The second-order valence-electron chi connectivity index (χ2n) is 6.94. The lowest BCUT2D eigenvalue weighted by Crippen LogP contribution is -2.49. The fourth-order valence-corrected chi connectivity index (χ4v) is 4.91. The molecule has 4 heteroatoms. The lowest BCUT2D eigenvalue weighted by atomic mass is 9.81. The highest BCUT2D eigenvalue weighted by Crippen LogP contribution is 2.47. The van der Waals surface area contributed by atoms with Crippen LogP contribution in [0.15, 0.2) is 0 Å². The Morgan fingerprint density at radius 1 is 1.20 bits per heavy atom. The van der Waals surface area contributed by atoms with E-state index in [0.717, 1.165) is 51.4 Å². The van der Waals surface area contributed by atoms with Gasteiger partial charge in [0.2, 0.25) is 5.91 Å². The highest BCUT2D eigenvalue weighted by Gasteiger charge is 2.53. The number of aliphatic carboxylic acids is 1. The maximum atomic E-state index is 13.0. The molecule has 3 fully saturated rings. The Morgan fingerprint density at radius 2 is 1.90 bits per heavy atom. The van der Waals surface area contributed by atoms with Gasteiger partial charge in [-0.05, 0) is 43.9 Å². The van der Waals surface area contributed by atoms with Crippen molar-refractivity contribution in [2.45, 2.75) is 64.3 Å². The molecule has 4 nitrogen and oxygen atoms in total. The molecule has 1 aliphatic heterocycles. The molecule has 2 aliphatic carbocycles. The van der Waals surface area contributed by atoms with Crippen LogP contribution in [-0.2, 0) is 9.59 Å². The summed E-state index contributed by atoms with van der Waals surface area (Å²) in [5, 5.41) is 9.59. The zero-order valence-electron chi connectivity index (χ0n) is 12.3. The van der Waals surface area contributed by atoms with Crippen LogP contribution in [0, 0.1) is 17.3 Å². The van der Waals surface area contributed by atoms with E-state index in [1.54, 1.807) is 4.90 Å². The van der Waals surface area contributed by atoms with Gasteiger partial charge in [0.1, 0.15) is 6.04 Å². The number of rotatable bonds is 3. The highest BCUT2D eigenvalue weighted by molar-refractivity contribution is 5.88. The second-order valence-corrected chi connectivity index (χ2v) is 6.94. The number of amides is 1. The number of hydrogen-bond donors (Lipinski definition) is 1. The normalized spacial score (nSPS) is 35.2. The van der Waals surface area contributed by atoms with Crippen molar-refractivity contribution < 1.29 is 14.7 Å². The van der Waals surface area contributed by atoms with Crippen LogP contribution in [-0.4, -0.2) is 34.5 Å².